The highest BCUT2D eigenvalue weighted by Crippen LogP contribution is 2.55. The molecule has 1 aromatic heterocycles. The lowest BCUT2D eigenvalue weighted by Gasteiger charge is -2.60. The van der Waals surface area contributed by atoms with E-state index >= 15 is 0 Å². The molecule has 23 heavy (non-hydrogen) atoms. The van der Waals surface area contributed by atoms with Gasteiger partial charge in [-0.25, -0.2) is 4.79 Å². The number of aromatic nitrogens is 2. The lowest BCUT2D eigenvalue weighted by molar-refractivity contribution is -0.169. The summed E-state index contributed by atoms with van der Waals surface area (Å²) in [6.07, 6.45) is 9.21. The Balaban J connectivity index is 1.68. The number of anilines is 1. The van der Waals surface area contributed by atoms with Crippen molar-refractivity contribution in [3.63, 3.8) is 0 Å². The van der Waals surface area contributed by atoms with Crippen molar-refractivity contribution in [2.75, 3.05) is 19.0 Å². The zero-order valence-electron chi connectivity index (χ0n) is 14.4. The van der Waals surface area contributed by atoms with Crippen molar-refractivity contribution in [3.8, 4) is 0 Å². The molecule has 1 spiro atoms. The highest BCUT2D eigenvalue weighted by atomic mass is 16.5. The van der Waals surface area contributed by atoms with E-state index < -0.39 is 0 Å². The SMILES string of the molecule is CCO[C@@H]1C[C@H](N(C)C(=O)Nc2ccn(C)n2)C12CCCCC2. The Labute approximate surface area is 138 Å². The normalized spacial score (nSPS) is 25.9. The number of urea groups is 1. The van der Waals surface area contributed by atoms with Gasteiger partial charge in [0.25, 0.3) is 0 Å². The number of hydrogen-bond donors (Lipinski definition) is 1. The minimum absolute atomic E-state index is 0.0754. The van der Waals surface area contributed by atoms with Gasteiger partial charge in [-0.1, -0.05) is 19.3 Å². The van der Waals surface area contributed by atoms with Crippen molar-refractivity contribution in [1.82, 2.24) is 14.7 Å². The molecule has 3 rings (SSSR count). The summed E-state index contributed by atoms with van der Waals surface area (Å²) < 4.78 is 7.67. The van der Waals surface area contributed by atoms with Gasteiger partial charge in [0.05, 0.1) is 6.10 Å². The van der Waals surface area contributed by atoms with Crippen LogP contribution in [0.15, 0.2) is 12.3 Å². The molecular weight excluding hydrogens is 292 g/mol. The fraction of sp³-hybridized carbons (Fsp3) is 0.765. The largest absolute Gasteiger partial charge is 0.378 e. The Morgan fingerprint density at radius 2 is 2.22 bits per heavy atom. The molecule has 2 aliphatic carbocycles. The van der Waals surface area contributed by atoms with Gasteiger partial charge >= 0.3 is 6.03 Å². The number of aryl methyl sites for hydroxylation is 1. The van der Waals surface area contributed by atoms with Gasteiger partial charge in [-0.3, -0.25) is 10.00 Å². The fourth-order valence-electron chi connectivity index (χ4n) is 4.39. The predicted molar refractivity (Wildman–Crippen MR) is 89.3 cm³/mol. The van der Waals surface area contributed by atoms with E-state index in [4.69, 9.17) is 4.74 Å². The molecule has 1 aromatic rings. The smallest absolute Gasteiger partial charge is 0.323 e. The summed E-state index contributed by atoms with van der Waals surface area (Å²) in [6, 6.07) is 2.00. The number of ether oxygens (including phenoxy) is 1. The number of amides is 2. The number of carbonyl (C=O) groups is 1. The molecule has 0 radical (unpaired) electrons. The first kappa shape index (κ1) is 16.3. The van der Waals surface area contributed by atoms with Gasteiger partial charge in [-0.2, -0.15) is 5.10 Å². The van der Waals surface area contributed by atoms with Crippen LogP contribution in [0.5, 0.6) is 0 Å². The zero-order chi connectivity index (χ0) is 16.4. The van der Waals surface area contributed by atoms with E-state index in [2.05, 4.69) is 17.3 Å². The second-order valence-corrected chi connectivity index (χ2v) is 6.91. The van der Waals surface area contributed by atoms with E-state index in [9.17, 15) is 4.79 Å². The van der Waals surface area contributed by atoms with Crippen LogP contribution in [-0.2, 0) is 11.8 Å². The maximum absolute atomic E-state index is 12.6. The molecule has 0 saturated heterocycles. The molecule has 0 aliphatic heterocycles. The van der Waals surface area contributed by atoms with Crippen LogP contribution in [0.4, 0.5) is 10.6 Å². The van der Waals surface area contributed by atoms with Crippen LogP contribution >= 0.6 is 0 Å². The van der Waals surface area contributed by atoms with Crippen LogP contribution < -0.4 is 5.32 Å². The first-order valence-corrected chi connectivity index (χ1v) is 8.72. The van der Waals surface area contributed by atoms with Crippen LogP contribution in [0, 0.1) is 5.41 Å². The first-order chi connectivity index (χ1) is 11.1. The van der Waals surface area contributed by atoms with Gasteiger partial charge in [0.2, 0.25) is 0 Å². The number of nitrogens with one attached hydrogen (secondary N) is 1. The van der Waals surface area contributed by atoms with E-state index in [0.717, 1.165) is 13.0 Å². The lowest BCUT2D eigenvalue weighted by atomic mass is 9.54. The Kier molecular flexibility index (Phi) is 4.62. The quantitative estimate of drug-likeness (QED) is 0.927. The lowest BCUT2D eigenvalue weighted by Crippen LogP contribution is -2.66. The van der Waals surface area contributed by atoms with E-state index in [-0.39, 0.29) is 17.5 Å². The third kappa shape index (κ3) is 2.96. The Bertz CT molecular complexity index is 551. The Hall–Kier alpha value is -1.56. The van der Waals surface area contributed by atoms with Gasteiger partial charge in [0.15, 0.2) is 5.82 Å². The summed E-state index contributed by atoms with van der Waals surface area (Å²) in [6.45, 7) is 2.81. The highest BCUT2D eigenvalue weighted by molar-refractivity contribution is 5.88. The van der Waals surface area contributed by atoms with Crippen molar-refractivity contribution >= 4 is 11.8 Å². The molecule has 0 bridgehead atoms. The summed E-state index contributed by atoms with van der Waals surface area (Å²) in [7, 11) is 3.75. The number of hydrogen-bond acceptors (Lipinski definition) is 3. The molecule has 0 unspecified atom stereocenters. The molecule has 2 atom stereocenters. The third-order valence-corrected chi connectivity index (χ3v) is 5.63. The highest BCUT2D eigenvalue weighted by Gasteiger charge is 2.57. The van der Waals surface area contributed by atoms with Crippen molar-refractivity contribution < 1.29 is 9.53 Å². The summed E-state index contributed by atoms with van der Waals surface area (Å²) in [5.74, 6) is 0.600. The molecule has 6 nitrogen and oxygen atoms in total. The third-order valence-electron chi connectivity index (χ3n) is 5.63. The molecule has 2 fully saturated rings. The Morgan fingerprint density at radius 3 is 2.83 bits per heavy atom. The molecule has 128 valence electrons. The molecule has 2 amide bonds. The van der Waals surface area contributed by atoms with Gasteiger partial charge in [-0.15, -0.1) is 0 Å². The average Bonchev–Trinajstić information content (AvgIpc) is 2.96. The summed E-state index contributed by atoms with van der Waals surface area (Å²) in [5, 5.41) is 7.11. The number of carbonyl (C=O) groups excluding carboxylic acids is 1. The van der Waals surface area contributed by atoms with Gasteiger partial charge in [0.1, 0.15) is 0 Å². The summed E-state index contributed by atoms with van der Waals surface area (Å²) >= 11 is 0. The minimum atomic E-state index is -0.0754. The van der Waals surface area contributed by atoms with Crippen molar-refractivity contribution in [2.24, 2.45) is 12.5 Å². The Morgan fingerprint density at radius 1 is 1.48 bits per heavy atom. The molecule has 2 aliphatic rings. The minimum Gasteiger partial charge on any atom is -0.378 e. The molecule has 1 N–H and O–H groups in total. The van der Waals surface area contributed by atoms with Crippen LogP contribution in [0.1, 0.15) is 45.4 Å². The maximum Gasteiger partial charge on any atom is 0.323 e. The van der Waals surface area contributed by atoms with E-state index in [1.54, 1.807) is 4.68 Å². The fourth-order valence-corrected chi connectivity index (χ4v) is 4.39. The number of rotatable bonds is 4. The number of nitrogens with zero attached hydrogens (tertiary/aromatic N) is 3. The topological polar surface area (TPSA) is 59.4 Å². The van der Waals surface area contributed by atoms with E-state index in [1.807, 2.05) is 31.3 Å². The summed E-state index contributed by atoms with van der Waals surface area (Å²) in [4.78, 5) is 14.4. The molecular formula is C17H28N4O2. The second-order valence-electron chi connectivity index (χ2n) is 6.91. The monoisotopic (exact) mass is 320 g/mol. The second kappa shape index (κ2) is 6.51. The molecule has 6 heteroatoms. The van der Waals surface area contributed by atoms with E-state index in [0.29, 0.717) is 11.9 Å². The molecule has 1 heterocycles. The molecule has 0 aromatic carbocycles. The molecule has 2 saturated carbocycles. The van der Waals surface area contributed by atoms with Crippen LogP contribution in [0.3, 0.4) is 0 Å². The van der Waals surface area contributed by atoms with Gasteiger partial charge in [-0.05, 0) is 26.2 Å². The predicted octanol–water partition coefficient (Wildman–Crippen LogP) is 3.01. The standard InChI is InChI=1S/C17H28N4O2/c1-4-23-14-12-13(17(14)9-6-5-7-10-17)21(3)16(22)18-15-8-11-20(2)19-15/h8,11,13-14H,4-7,9-10,12H2,1-3H3,(H,18,19,22)/t13-,14+/m0/s1. The van der Waals surface area contributed by atoms with Crippen molar-refractivity contribution in [3.05, 3.63) is 12.3 Å². The average molecular weight is 320 g/mol. The van der Waals surface area contributed by atoms with Crippen LogP contribution in [-0.4, -0.2) is 46.5 Å². The van der Waals surface area contributed by atoms with Crippen molar-refractivity contribution in [2.45, 2.75) is 57.6 Å². The van der Waals surface area contributed by atoms with Crippen LogP contribution in [0.2, 0.25) is 0 Å². The zero-order valence-corrected chi connectivity index (χ0v) is 14.4. The van der Waals surface area contributed by atoms with Gasteiger partial charge < -0.3 is 9.64 Å². The first-order valence-electron chi connectivity index (χ1n) is 8.72. The maximum atomic E-state index is 12.6. The summed E-state index contributed by atoms with van der Waals surface area (Å²) in [5.41, 5.74) is 0.157. The van der Waals surface area contributed by atoms with E-state index in [1.165, 1.54) is 32.1 Å². The van der Waals surface area contributed by atoms with Crippen molar-refractivity contribution in [1.29, 1.82) is 0 Å². The van der Waals surface area contributed by atoms with Gasteiger partial charge in [0, 0.05) is 44.4 Å². The van der Waals surface area contributed by atoms with Crippen LogP contribution in [0.25, 0.3) is 0 Å².